The Bertz CT molecular complexity index is 1070. The van der Waals surface area contributed by atoms with Crippen LogP contribution in [0, 0.1) is 0 Å². The molecule has 148 valence electrons. The molecule has 1 aromatic carbocycles. The van der Waals surface area contributed by atoms with Crippen molar-refractivity contribution in [3.8, 4) is 0 Å². The summed E-state index contributed by atoms with van der Waals surface area (Å²) in [5, 5.41) is 15.9. The predicted molar refractivity (Wildman–Crippen MR) is 114 cm³/mol. The number of nitrogens with one attached hydrogen (secondary N) is 2. The molecular weight excluding hydrogens is 432 g/mol. The Balaban J connectivity index is 1.35. The van der Waals surface area contributed by atoms with Crippen molar-refractivity contribution >= 4 is 57.4 Å². The first-order valence-corrected chi connectivity index (χ1v) is 10.6. The van der Waals surface area contributed by atoms with E-state index in [9.17, 15) is 0 Å². The standard InChI is InChI=1S/C17H15ClN8OS2/c18-10-3-5-11(6-4-10)21-15-23-13(22-14(19)24-15)9-28-17-26-25-16(29-17)20-8-12-2-1-7-27-12/h1-7H,8-9H2,(H,20,25)(H3,19,21,22,23,24). The van der Waals surface area contributed by atoms with Gasteiger partial charge in [0.05, 0.1) is 18.6 Å². The summed E-state index contributed by atoms with van der Waals surface area (Å²) in [6.07, 6.45) is 1.63. The molecule has 3 heterocycles. The molecule has 0 unspecified atom stereocenters. The minimum atomic E-state index is 0.144. The summed E-state index contributed by atoms with van der Waals surface area (Å²) >= 11 is 8.82. The number of halogens is 1. The van der Waals surface area contributed by atoms with Crippen LogP contribution in [0.1, 0.15) is 11.6 Å². The van der Waals surface area contributed by atoms with E-state index in [2.05, 4.69) is 35.8 Å². The number of benzene rings is 1. The van der Waals surface area contributed by atoms with E-state index in [4.69, 9.17) is 21.8 Å². The van der Waals surface area contributed by atoms with Gasteiger partial charge in [0.15, 0.2) is 4.34 Å². The summed E-state index contributed by atoms with van der Waals surface area (Å²) in [4.78, 5) is 12.7. The number of rotatable bonds is 8. The lowest BCUT2D eigenvalue weighted by atomic mass is 10.3. The Morgan fingerprint density at radius 3 is 2.76 bits per heavy atom. The first-order valence-electron chi connectivity index (χ1n) is 8.39. The normalized spacial score (nSPS) is 10.8. The number of hydrogen-bond acceptors (Lipinski definition) is 11. The molecule has 0 atom stereocenters. The van der Waals surface area contributed by atoms with E-state index < -0.39 is 0 Å². The molecule has 0 aliphatic carbocycles. The Morgan fingerprint density at radius 2 is 1.97 bits per heavy atom. The fourth-order valence-corrected chi connectivity index (χ4v) is 3.99. The molecule has 0 fully saturated rings. The third-order valence-corrected chi connectivity index (χ3v) is 5.79. The maximum Gasteiger partial charge on any atom is 0.232 e. The van der Waals surface area contributed by atoms with Gasteiger partial charge in [0.2, 0.25) is 17.0 Å². The Labute approximate surface area is 179 Å². The van der Waals surface area contributed by atoms with E-state index in [1.807, 2.05) is 24.3 Å². The van der Waals surface area contributed by atoms with E-state index in [0.717, 1.165) is 15.8 Å². The van der Waals surface area contributed by atoms with Crippen LogP contribution in [0.4, 0.5) is 22.7 Å². The topological polar surface area (TPSA) is 128 Å². The van der Waals surface area contributed by atoms with Gasteiger partial charge < -0.3 is 20.8 Å². The highest BCUT2D eigenvalue weighted by Crippen LogP contribution is 2.28. The Morgan fingerprint density at radius 1 is 1.10 bits per heavy atom. The van der Waals surface area contributed by atoms with E-state index >= 15 is 0 Å². The maximum atomic E-state index is 5.90. The molecule has 4 aromatic rings. The van der Waals surface area contributed by atoms with Crippen LogP contribution in [0.3, 0.4) is 0 Å². The van der Waals surface area contributed by atoms with Crippen molar-refractivity contribution in [2.24, 2.45) is 0 Å². The molecule has 9 nitrogen and oxygen atoms in total. The molecule has 4 rings (SSSR count). The molecule has 29 heavy (non-hydrogen) atoms. The first kappa shape index (κ1) is 19.4. The summed E-state index contributed by atoms with van der Waals surface area (Å²) in [5.41, 5.74) is 6.62. The van der Waals surface area contributed by atoms with Crippen molar-refractivity contribution in [2.45, 2.75) is 16.6 Å². The molecule has 0 saturated heterocycles. The lowest BCUT2D eigenvalue weighted by Crippen LogP contribution is -2.06. The Kier molecular flexibility index (Phi) is 6.08. The van der Waals surface area contributed by atoms with Crippen LogP contribution >= 0.6 is 34.7 Å². The van der Waals surface area contributed by atoms with Gasteiger partial charge in [0, 0.05) is 10.7 Å². The monoisotopic (exact) mass is 446 g/mol. The van der Waals surface area contributed by atoms with Crippen LogP contribution in [0.5, 0.6) is 0 Å². The van der Waals surface area contributed by atoms with Crippen LogP contribution in [0.2, 0.25) is 5.02 Å². The SMILES string of the molecule is Nc1nc(CSc2nnc(NCc3ccco3)s2)nc(Nc2ccc(Cl)cc2)n1. The number of nitrogens with two attached hydrogens (primary N) is 1. The molecular formula is C17H15ClN8OS2. The molecule has 0 saturated carbocycles. The summed E-state index contributed by atoms with van der Waals surface area (Å²) in [7, 11) is 0. The summed E-state index contributed by atoms with van der Waals surface area (Å²) in [6, 6.07) is 10.9. The third-order valence-electron chi connectivity index (χ3n) is 3.52. The molecule has 0 bridgehead atoms. The van der Waals surface area contributed by atoms with Gasteiger partial charge in [-0.05, 0) is 36.4 Å². The van der Waals surface area contributed by atoms with Crippen LogP contribution < -0.4 is 16.4 Å². The molecule has 4 N–H and O–H groups in total. The van der Waals surface area contributed by atoms with E-state index in [-0.39, 0.29) is 5.95 Å². The number of furan rings is 1. The average Bonchev–Trinajstić information content (AvgIpc) is 3.38. The van der Waals surface area contributed by atoms with E-state index in [1.54, 1.807) is 18.4 Å². The van der Waals surface area contributed by atoms with Crippen molar-refractivity contribution < 1.29 is 4.42 Å². The maximum absolute atomic E-state index is 5.90. The molecule has 0 spiro atoms. The van der Waals surface area contributed by atoms with Crippen LogP contribution in [-0.4, -0.2) is 25.1 Å². The number of hydrogen-bond donors (Lipinski definition) is 3. The number of nitrogens with zero attached hydrogens (tertiary/aromatic N) is 5. The highest BCUT2D eigenvalue weighted by Gasteiger charge is 2.09. The molecule has 12 heteroatoms. The summed E-state index contributed by atoms with van der Waals surface area (Å²) in [6.45, 7) is 0.552. The predicted octanol–water partition coefficient (Wildman–Crippen LogP) is 4.20. The zero-order valence-electron chi connectivity index (χ0n) is 14.9. The highest BCUT2D eigenvalue weighted by molar-refractivity contribution is 8.00. The summed E-state index contributed by atoms with van der Waals surface area (Å²) in [5.74, 6) is 2.36. The fourth-order valence-electron chi connectivity index (χ4n) is 2.26. The lowest BCUT2D eigenvalue weighted by Gasteiger charge is -2.07. The van der Waals surface area contributed by atoms with Crippen molar-refractivity contribution in [3.63, 3.8) is 0 Å². The van der Waals surface area contributed by atoms with Gasteiger partial charge in [-0.2, -0.15) is 15.0 Å². The van der Waals surface area contributed by atoms with Gasteiger partial charge in [-0.15, -0.1) is 10.2 Å². The molecule has 0 aliphatic rings. The largest absolute Gasteiger partial charge is 0.467 e. The zero-order chi connectivity index (χ0) is 20.1. The van der Waals surface area contributed by atoms with Gasteiger partial charge in [-0.3, -0.25) is 0 Å². The summed E-state index contributed by atoms with van der Waals surface area (Å²) < 4.78 is 6.07. The highest BCUT2D eigenvalue weighted by atomic mass is 35.5. The molecule has 0 radical (unpaired) electrons. The molecule has 3 aromatic heterocycles. The van der Waals surface area contributed by atoms with Crippen LogP contribution in [0.25, 0.3) is 0 Å². The minimum Gasteiger partial charge on any atom is -0.467 e. The van der Waals surface area contributed by atoms with E-state index in [0.29, 0.717) is 34.2 Å². The van der Waals surface area contributed by atoms with Gasteiger partial charge in [-0.1, -0.05) is 34.7 Å². The van der Waals surface area contributed by atoms with Crippen molar-refractivity contribution in [2.75, 3.05) is 16.4 Å². The van der Waals surface area contributed by atoms with Crippen molar-refractivity contribution in [3.05, 3.63) is 59.3 Å². The quantitative estimate of drug-likeness (QED) is 0.338. The van der Waals surface area contributed by atoms with Gasteiger partial charge >= 0.3 is 0 Å². The number of aromatic nitrogens is 5. The third kappa shape index (κ3) is 5.56. The van der Waals surface area contributed by atoms with Crippen LogP contribution in [0.15, 0.2) is 51.4 Å². The van der Waals surface area contributed by atoms with Gasteiger partial charge in [0.1, 0.15) is 11.6 Å². The second-order valence-corrected chi connectivity index (χ2v) is 8.30. The zero-order valence-corrected chi connectivity index (χ0v) is 17.3. The smallest absolute Gasteiger partial charge is 0.232 e. The Hall–Kier alpha value is -2.89. The number of nitrogen functional groups attached to an aromatic ring is 1. The first-order chi connectivity index (χ1) is 14.1. The second kappa shape index (κ2) is 9.07. The van der Waals surface area contributed by atoms with Crippen molar-refractivity contribution in [1.29, 1.82) is 0 Å². The molecule has 0 amide bonds. The van der Waals surface area contributed by atoms with Crippen LogP contribution in [-0.2, 0) is 12.3 Å². The van der Waals surface area contributed by atoms with Gasteiger partial charge in [-0.25, -0.2) is 0 Å². The number of anilines is 4. The second-order valence-electron chi connectivity index (χ2n) is 5.66. The number of thioether (sulfide) groups is 1. The van der Waals surface area contributed by atoms with Gasteiger partial charge in [0.25, 0.3) is 0 Å². The fraction of sp³-hybridized carbons (Fsp3) is 0.118. The minimum absolute atomic E-state index is 0.144. The lowest BCUT2D eigenvalue weighted by molar-refractivity contribution is 0.518. The average molecular weight is 447 g/mol. The molecule has 0 aliphatic heterocycles. The van der Waals surface area contributed by atoms with Crippen molar-refractivity contribution in [1.82, 2.24) is 25.1 Å². The van der Waals surface area contributed by atoms with E-state index in [1.165, 1.54) is 23.1 Å².